The van der Waals surface area contributed by atoms with Crippen LogP contribution in [-0.2, 0) is 24.3 Å². The van der Waals surface area contributed by atoms with Gasteiger partial charge in [0.05, 0.1) is 0 Å². The van der Waals surface area contributed by atoms with Crippen LogP contribution in [0, 0.1) is 0 Å². The Morgan fingerprint density at radius 1 is 1.32 bits per heavy atom. The summed E-state index contributed by atoms with van der Waals surface area (Å²) in [6, 6.07) is 5.90. The number of carbonyl (C=O) groups is 2. The van der Waals surface area contributed by atoms with Gasteiger partial charge in [0.1, 0.15) is 10.9 Å². The first kappa shape index (κ1) is 17.4. The minimum atomic E-state index is -3.75. The minimum absolute atomic E-state index is 0.146. The molecule has 0 aliphatic carbocycles. The molecule has 25 heavy (non-hydrogen) atoms. The highest BCUT2D eigenvalue weighted by atomic mass is 32.2. The zero-order valence-electron chi connectivity index (χ0n) is 13.8. The molecule has 2 aliphatic heterocycles. The van der Waals surface area contributed by atoms with Crippen molar-refractivity contribution in [3.63, 3.8) is 0 Å². The predicted molar refractivity (Wildman–Crippen MR) is 89.5 cm³/mol. The van der Waals surface area contributed by atoms with Crippen LogP contribution >= 0.6 is 0 Å². The number of benzene rings is 1. The number of hydrogen-bond acceptors (Lipinski definition) is 6. The summed E-state index contributed by atoms with van der Waals surface area (Å²) in [5.41, 5.74) is 0.494. The molecular formula is C16H19N3O5S. The topological polar surface area (TPSA) is 105 Å². The number of hydrogen-bond donors (Lipinski definition) is 1. The smallest absolute Gasteiger partial charge is 0.329 e. The van der Waals surface area contributed by atoms with Crippen LogP contribution in [0.25, 0.3) is 0 Å². The largest absolute Gasteiger partial charge is 0.454 e. The third-order valence-corrected chi connectivity index (χ3v) is 5.61. The van der Waals surface area contributed by atoms with E-state index < -0.39 is 27.9 Å². The van der Waals surface area contributed by atoms with Crippen molar-refractivity contribution in [3.8, 4) is 0 Å². The maximum atomic E-state index is 12.4. The van der Waals surface area contributed by atoms with Gasteiger partial charge in [-0.1, -0.05) is 12.1 Å². The second-order valence-electron chi connectivity index (χ2n) is 5.87. The Kier molecular flexibility index (Phi) is 4.76. The van der Waals surface area contributed by atoms with Crippen molar-refractivity contribution >= 4 is 27.7 Å². The maximum absolute atomic E-state index is 12.4. The fourth-order valence-electron chi connectivity index (χ4n) is 3.03. The Bertz CT molecular complexity index is 834. The van der Waals surface area contributed by atoms with Crippen molar-refractivity contribution < 1.29 is 22.7 Å². The number of fused-ring (bicyclic) bond motifs is 1. The molecule has 2 aliphatic rings. The second-order valence-corrected chi connectivity index (χ2v) is 7.44. The van der Waals surface area contributed by atoms with E-state index in [-0.39, 0.29) is 17.3 Å². The highest BCUT2D eigenvalue weighted by Gasteiger charge is 2.38. The van der Waals surface area contributed by atoms with Gasteiger partial charge in [-0.15, -0.1) is 4.40 Å². The molecule has 0 aromatic heterocycles. The van der Waals surface area contributed by atoms with Gasteiger partial charge in [0, 0.05) is 19.2 Å². The van der Waals surface area contributed by atoms with Crippen molar-refractivity contribution in [1.29, 1.82) is 0 Å². The number of piperidine rings is 1. The van der Waals surface area contributed by atoms with Crippen molar-refractivity contribution in [2.75, 3.05) is 20.2 Å². The maximum Gasteiger partial charge on any atom is 0.329 e. The molecular weight excluding hydrogens is 346 g/mol. The molecule has 0 radical (unpaired) electrons. The molecule has 1 amide bonds. The molecule has 8 nitrogen and oxygen atoms in total. The number of ether oxygens (including phenoxy) is 1. The summed E-state index contributed by atoms with van der Waals surface area (Å²) in [5.74, 6) is -0.674. The highest BCUT2D eigenvalue weighted by molar-refractivity contribution is 7.90. The van der Waals surface area contributed by atoms with Gasteiger partial charge in [-0.05, 0) is 31.4 Å². The van der Waals surface area contributed by atoms with E-state index in [1.807, 2.05) is 0 Å². The molecule has 1 atom stereocenters. The number of nitrogens with zero attached hydrogens (tertiary/aromatic N) is 2. The third-order valence-electron chi connectivity index (χ3n) is 4.28. The first-order chi connectivity index (χ1) is 11.9. The average Bonchev–Trinajstić information content (AvgIpc) is 2.91. The van der Waals surface area contributed by atoms with E-state index in [2.05, 4.69) is 9.71 Å². The molecule has 3 rings (SSSR count). The van der Waals surface area contributed by atoms with Gasteiger partial charge in [0.2, 0.25) is 0 Å². The van der Waals surface area contributed by atoms with Gasteiger partial charge in [0.15, 0.2) is 12.4 Å². The van der Waals surface area contributed by atoms with Gasteiger partial charge in [0.25, 0.3) is 15.9 Å². The standard InChI is InChI=1S/C16H19N3O5S/c1-17-14(20)10-24-16(21)12-7-4-5-9-19(12)15-11-6-2-3-8-13(11)25(22,23)18-15/h2-3,6,8,12H,4-5,7,9-10H2,1H3,(H,17,20)/t12-/m1/s1. The summed E-state index contributed by atoms with van der Waals surface area (Å²) >= 11 is 0. The molecule has 1 saturated heterocycles. The van der Waals surface area contributed by atoms with E-state index in [1.165, 1.54) is 13.1 Å². The number of esters is 1. The SMILES string of the molecule is CNC(=O)COC(=O)[C@H]1CCCCN1C1=NS(=O)(=O)c2ccccc21. The van der Waals surface area contributed by atoms with Crippen LogP contribution < -0.4 is 5.32 Å². The molecule has 1 aromatic rings. The molecule has 0 unspecified atom stereocenters. The van der Waals surface area contributed by atoms with Gasteiger partial charge in [-0.3, -0.25) is 4.79 Å². The lowest BCUT2D eigenvalue weighted by Gasteiger charge is -2.35. The molecule has 0 spiro atoms. The van der Waals surface area contributed by atoms with Crippen LogP contribution in [-0.4, -0.2) is 57.3 Å². The quantitative estimate of drug-likeness (QED) is 0.772. The predicted octanol–water partition coefficient (Wildman–Crippen LogP) is 0.279. The normalized spacial score (nSPS) is 21.2. The number of nitrogens with one attached hydrogen (secondary N) is 1. The van der Waals surface area contributed by atoms with Crippen LogP contribution in [0.3, 0.4) is 0 Å². The molecule has 9 heteroatoms. The Morgan fingerprint density at radius 3 is 2.84 bits per heavy atom. The molecule has 2 heterocycles. The van der Waals surface area contributed by atoms with Crippen LogP contribution in [0.5, 0.6) is 0 Å². The lowest BCUT2D eigenvalue weighted by atomic mass is 10.0. The molecule has 1 aromatic carbocycles. The molecule has 0 bridgehead atoms. The summed E-state index contributed by atoms with van der Waals surface area (Å²) in [4.78, 5) is 25.5. The van der Waals surface area contributed by atoms with E-state index in [1.54, 1.807) is 23.1 Å². The molecule has 1 N–H and O–H groups in total. The second kappa shape index (κ2) is 6.83. The number of amidine groups is 1. The number of likely N-dealkylation sites (N-methyl/N-ethyl adjacent to an activating group) is 1. The first-order valence-electron chi connectivity index (χ1n) is 8.02. The average molecular weight is 365 g/mol. The van der Waals surface area contributed by atoms with Gasteiger partial charge >= 0.3 is 5.97 Å². The number of sulfonamides is 1. The highest BCUT2D eigenvalue weighted by Crippen LogP contribution is 2.30. The zero-order valence-corrected chi connectivity index (χ0v) is 14.6. The molecule has 0 saturated carbocycles. The zero-order chi connectivity index (χ0) is 18.0. The van der Waals surface area contributed by atoms with E-state index in [9.17, 15) is 18.0 Å². The van der Waals surface area contributed by atoms with Crippen molar-refractivity contribution in [2.24, 2.45) is 4.40 Å². The van der Waals surface area contributed by atoms with Crippen molar-refractivity contribution in [1.82, 2.24) is 10.2 Å². The lowest BCUT2D eigenvalue weighted by molar-refractivity contribution is -0.153. The van der Waals surface area contributed by atoms with Gasteiger partial charge in [-0.2, -0.15) is 8.42 Å². The Balaban J connectivity index is 1.87. The Hall–Kier alpha value is -2.42. The Morgan fingerprint density at radius 2 is 2.08 bits per heavy atom. The summed E-state index contributed by atoms with van der Waals surface area (Å²) in [6.45, 7) is 0.142. The molecule has 134 valence electrons. The van der Waals surface area contributed by atoms with E-state index in [4.69, 9.17) is 4.74 Å². The van der Waals surface area contributed by atoms with Gasteiger partial charge < -0.3 is 15.0 Å². The van der Waals surface area contributed by atoms with Crippen LogP contribution in [0.2, 0.25) is 0 Å². The number of likely N-dealkylation sites (tertiary alicyclic amines) is 1. The fraction of sp³-hybridized carbons (Fsp3) is 0.438. The van der Waals surface area contributed by atoms with E-state index >= 15 is 0 Å². The van der Waals surface area contributed by atoms with Crippen molar-refractivity contribution in [3.05, 3.63) is 29.8 Å². The monoisotopic (exact) mass is 365 g/mol. The lowest BCUT2D eigenvalue weighted by Crippen LogP contribution is -2.49. The van der Waals surface area contributed by atoms with E-state index in [0.29, 0.717) is 18.5 Å². The summed E-state index contributed by atoms with van der Waals surface area (Å²) in [7, 11) is -2.30. The number of amides is 1. The van der Waals surface area contributed by atoms with Crippen molar-refractivity contribution in [2.45, 2.75) is 30.2 Å². The molecule has 1 fully saturated rings. The number of rotatable bonds is 3. The summed E-state index contributed by atoms with van der Waals surface area (Å²) in [5, 5.41) is 2.38. The summed E-state index contributed by atoms with van der Waals surface area (Å²) < 4.78 is 33.5. The van der Waals surface area contributed by atoms with Crippen LogP contribution in [0.1, 0.15) is 24.8 Å². The fourth-order valence-corrected chi connectivity index (χ4v) is 4.25. The minimum Gasteiger partial charge on any atom is -0.454 e. The number of carbonyl (C=O) groups excluding carboxylic acids is 2. The van der Waals surface area contributed by atoms with E-state index in [0.717, 1.165) is 12.8 Å². The Labute approximate surface area is 145 Å². The van der Waals surface area contributed by atoms with Gasteiger partial charge in [-0.25, -0.2) is 4.79 Å². The summed E-state index contributed by atoms with van der Waals surface area (Å²) in [6.07, 6.45) is 2.16. The van der Waals surface area contributed by atoms with Crippen LogP contribution in [0.4, 0.5) is 0 Å². The van der Waals surface area contributed by atoms with Crippen LogP contribution in [0.15, 0.2) is 33.6 Å². The third kappa shape index (κ3) is 3.37. The first-order valence-corrected chi connectivity index (χ1v) is 9.46.